The van der Waals surface area contributed by atoms with Crippen LogP contribution in [0, 0.1) is 0 Å². The molecule has 172 valence electrons. The van der Waals surface area contributed by atoms with E-state index in [-0.39, 0.29) is 5.91 Å². The van der Waals surface area contributed by atoms with Crippen molar-refractivity contribution in [1.82, 2.24) is 20.4 Å². The van der Waals surface area contributed by atoms with Gasteiger partial charge in [0, 0.05) is 44.0 Å². The predicted molar refractivity (Wildman–Crippen MR) is 127 cm³/mol. The summed E-state index contributed by atoms with van der Waals surface area (Å²) >= 11 is 5.96. The van der Waals surface area contributed by atoms with Gasteiger partial charge in [-0.1, -0.05) is 47.1 Å². The third kappa shape index (κ3) is 6.66. The second kappa shape index (κ2) is 11.1. The van der Waals surface area contributed by atoms with Crippen molar-refractivity contribution in [1.29, 1.82) is 0 Å². The highest BCUT2D eigenvalue weighted by atomic mass is 35.5. The van der Waals surface area contributed by atoms with Crippen LogP contribution in [-0.4, -0.2) is 41.1 Å². The molecule has 2 aromatic carbocycles. The van der Waals surface area contributed by atoms with Gasteiger partial charge < -0.3 is 14.6 Å². The van der Waals surface area contributed by atoms with Gasteiger partial charge in [-0.25, -0.2) is 0 Å². The number of carbonyl (C=O) groups excluding carboxylic acids is 1. The molecule has 0 spiro atoms. The number of amides is 1. The van der Waals surface area contributed by atoms with E-state index in [2.05, 4.69) is 38.6 Å². The van der Waals surface area contributed by atoms with Crippen LogP contribution < -0.4 is 10.1 Å². The third-order valence-electron chi connectivity index (χ3n) is 5.56. The second-order valence-corrected chi connectivity index (χ2v) is 8.42. The summed E-state index contributed by atoms with van der Waals surface area (Å²) in [5.74, 6) is 1.80. The van der Waals surface area contributed by atoms with Crippen LogP contribution in [0.15, 0.2) is 59.1 Å². The lowest BCUT2D eigenvalue weighted by Crippen LogP contribution is -2.28. The first-order valence-corrected chi connectivity index (χ1v) is 11.4. The fraction of sp³-hybridized carbons (Fsp3) is 0.320. The van der Waals surface area contributed by atoms with Crippen LogP contribution in [0.4, 0.5) is 0 Å². The van der Waals surface area contributed by atoms with E-state index in [9.17, 15) is 4.79 Å². The first-order chi connectivity index (χ1) is 16.1. The number of halogens is 1. The van der Waals surface area contributed by atoms with Crippen molar-refractivity contribution in [3.63, 3.8) is 0 Å². The van der Waals surface area contributed by atoms with Crippen LogP contribution in [0.3, 0.4) is 0 Å². The molecule has 0 radical (unpaired) electrons. The fourth-order valence-electron chi connectivity index (χ4n) is 3.68. The van der Waals surface area contributed by atoms with Gasteiger partial charge in [0.05, 0.1) is 7.11 Å². The number of aryl methyl sites for hydroxylation is 1. The molecule has 1 N–H and O–H groups in total. The number of hydrogen-bond donors (Lipinski definition) is 1. The maximum atomic E-state index is 12.2. The Labute approximate surface area is 198 Å². The summed E-state index contributed by atoms with van der Waals surface area (Å²) in [6, 6.07) is 15.6. The molecular weight excluding hydrogens is 440 g/mol. The predicted octanol–water partition coefficient (Wildman–Crippen LogP) is 4.27. The molecule has 1 aromatic heterocycles. The Balaban J connectivity index is 1.23. The minimum atomic E-state index is -0.0627. The van der Waals surface area contributed by atoms with Crippen LogP contribution in [0.2, 0.25) is 5.02 Å². The topological polar surface area (TPSA) is 80.5 Å². The van der Waals surface area contributed by atoms with Gasteiger partial charge in [0.2, 0.25) is 11.8 Å². The molecule has 3 aromatic rings. The number of benzene rings is 2. The lowest BCUT2D eigenvalue weighted by molar-refractivity contribution is -0.121. The van der Waals surface area contributed by atoms with Gasteiger partial charge in [0.15, 0.2) is 5.82 Å². The van der Waals surface area contributed by atoms with Crippen molar-refractivity contribution in [2.24, 2.45) is 0 Å². The van der Waals surface area contributed by atoms with Crippen molar-refractivity contribution in [2.75, 3.05) is 20.2 Å². The normalized spacial score (nSPS) is 14.1. The summed E-state index contributed by atoms with van der Waals surface area (Å²) in [7, 11) is 1.62. The third-order valence-corrected chi connectivity index (χ3v) is 5.81. The van der Waals surface area contributed by atoms with Gasteiger partial charge in [-0.15, -0.1) is 0 Å². The Morgan fingerprint density at radius 2 is 2.06 bits per heavy atom. The van der Waals surface area contributed by atoms with Gasteiger partial charge in [-0.2, -0.15) is 4.98 Å². The molecule has 7 nitrogen and oxygen atoms in total. The SMILES string of the molecule is COc1cccc(CNC(=O)CCc2nc(C3=CCN(Cc4ccc(Cl)cc4)CC3)no2)c1. The van der Waals surface area contributed by atoms with E-state index < -0.39 is 0 Å². The molecule has 4 rings (SSSR count). The maximum Gasteiger partial charge on any atom is 0.227 e. The Kier molecular flexibility index (Phi) is 7.75. The highest BCUT2D eigenvalue weighted by molar-refractivity contribution is 6.30. The zero-order valence-electron chi connectivity index (χ0n) is 18.6. The van der Waals surface area contributed by atoms with E-state index in [1.165, 1.54) is 5.56 Å². The second-order valence-electron chi connectivity index (χ2n) is 7.98. The van der Waals surface area contributed by atoms with Crippen molar-refractivity contribution in [3.05, 3.63) is 82.5 Å². The smallest absolute Gasteiger partial charge is 0.227 e. The zero-order chi connectivity index (χ0) is 23.0. The summed E-state index contributed by atoms with van der Waals surface area (Å²) < 4.78 is 10.6. The van der Waals surface area contributed by atoms with Crippen molar-refractivity contribution in [3.8, 4) is 5.75 Å². The van der Waals surface area contributed by atoms with Gasteiger partial charge in [0.25, 0.3) is 0 Å². The molecule has 8 heteroatoms. The van der Waals surface area contributed by atoms with Crippen molar-refractivity contribution in [2.45, 2.75) is 32.4 Å². The van der Waals surface area contributed by atoms with E-state index in [0.29, 0.717) is 31.1 Å². The van der Waals surface area contributed by atoms with E-state index >= 15 is 0 Å². The number of nitrogens with zero attached hydrogens (tertiary/aromatic N) is 3. The molecular formula is C25H27ClN4O3. The van der Waals surface area contributed by atoms with Gasteiger partial charge in [-0.05, 0) is 47.4 Å². The van der Waals surface area contributed by atoms with Gasteiger partial charge in [-0.3, -0.25) is 9.69 Å². The van der Waals surface area contributed by atoms with E-state index in [1.807, 2.05) is 36.4 Å². The summed E-state index contributed by atoms with van der Waals surface area (Å²) in [5, 5.41) is 7.78. The molecule has 0 saturated carbocycles. The summed E-state index contributed by atoms with van der Waals surface area (Å²) in [4.78, 5) is 19.1. The lowest BCUT2D eigenvalue weighted by atomic mass is 10.1. The first-order valence-electron chi connectivity index (χ1n) is 11.0. The molecule has 0 aliphatic carbocycles. The number of methoxy groups -OCH3 is 1. The number of hydrogen-bond acceptors (Lipinski definition) is 6. The molecule has 0 saturated heterocycles. The van der Waals surface area contributed by atoms with Crippen molar-refractivity contribution >= 4 is 23.1 Å². The molecule has 2 heterocycles. The number of ether oxygens (including phenoxy) is 1. The number of aromatic nitrogens is 2. The van der Waals surface area contributed by atoms with E-state index in [4.69, 9.17) is 20.9 Å². The molecule has 0 unspecified atom stereocenters. The lowest BCUT2D eigenvalue weighted by Gasteiger charge is -2.25. The van der Waals surface area contributed by atoms with E-state index in [0.717, 1.165) is 48.0 Å². The van der Waals surface area contributed by atoms with Gasteiger partial charge in [0.1, 0.15) is 5.75 Å². The largest absolute Gasteiger partial charge is 0.497 e. The number of nitrogens with one attached hydrogen (secondary N) is 1. The number of carbonyl (C=O) groups is 1. The van der Waals surface area contributed by atoms with E-state index in [1.54, 1.807) is 7.11 Å². The Hall–Kier alpha value is -3.16. The highest BCUT2D eigenvalue weighted by Gasteiger charge is 2.18. The minimum absolute atomic E-state index is 0.0627. The molecule has 0 atom stereocenters. The van der Waals surface area contributed by atoms with Crippen LogP contribution in [0.25, 0.3) is 5.57 Å². The quantitative estimate of drug-likeness (QED) is 0.507. The van der Waals surface area contributed by atoms with Crippen molar-refractivity contribution < 1.29 is 14.1 Å². The Morgan fingerprint density at radius 1 is 1.21 bits per heavy atom. The molecule has 33 heavy (non-hydrogen) atoms. The monoisotopic (exact) mass is 466 g/mol. The zero-order valence-corrected chi connectivity index (χ0v) is 19.3. The number of rotatable bonds is 9. The molecule has 1 aliphatic heterocycles. The Morgan fingerprint density at radius 3 is 2.82 bits per heavy atom. The summed E-state index contributed by atoms with van der Waals surface area (Å²) in [5.41, 5.74) is 3.31. The summed E-state index contributed by atoms with van der Waals surface area (Å²) in [6.45, 7) is 3.08. The minimum Gasteiger partial charge on any atom is -0.497 e. The van der Waals surface area contributed by atoms with Crippen LogP contribution in [0.5, 0.6) is 5.75 Å². The van der Waals surface area contributed by atoms with Crippen LogP contribution >= 0.6 is 11.6 Å². The average Bonchev–Trinajstić information content (AvgIpc) is 3.32. The molecule has 1 amide bonds. The fourth-order valence-corrected chi connectivity index (χ4v) is 3.81. The molecule has 0 fully saturated rings. The maximum absolute atomic E-state index is 12.2. The molecule has 0 bridgehead atoms. The summed E-state index contributed by atoms with van der Waals surface area (Å²) in [6.07, 6.45) is 3.70. The molecule has 1 aliphatic rings. The average molecular weight is 467 g/mol. The highest BCUT2D eigenvalue weighted by Crippen LogP contribution is 2.22. The first kappa shape index (κ1) is 23.0. The standard InChI is InChI=1S/C25H27ClN4O3/c1-32-22-4-2-3-19(15-22)16-27-23(31)9-10-24-28-25(29-33-24)20-11-13-30(14-12-20)17-18-5-7-21(26)8-6-18/h2-8,11,15H,9-10,12-14,16-17H2,1H3,(H,27,31). The van der Waals surface area contributed by atoms with Gasteiger partial charge >= 0.3 is 0 Å². The van der Waals surface area contributed by atoms with Crippen LogP contribution in [-0.2, 0) is 24.3 Å². The Bertz CT molecular complexity index is 1110. The van der Waals surface area contributed by atoms with Crippen LogP contribution in [0.1, 0.15) is 35.7 Å².